The van der Waals surface area contributed by atoms with Crippen molar-refractivity contribution < 1.29 is 8.78 Å². The van der Waals surface area contributed by atoms with Gasteiger partial charge in [0.1, 0.15) is 11.6 Å². The molecular weight excluding hydrogens is 280 g/mol. The summed E-state index contributed by atoms with van der Waals surface area (Å²) in [5, 5.41) is 3.38. The molecule has 0 aliphatic carbocycles. The molecule has 0 radical (unpaired) electrons. The molecule has 0 fully saturated rings. The molecule has 0 bridgehead atoms. The summed E-state index contributed by atoms with van der Waals surface area (Å²) in [7, 11) is 1.72. The molecular formula is C16H16ClF2N. The van der Waals surface area contributed by atoms with Crippen LogP contribution in [0, 0.1) is 18.6 Å². The Labute approximate surface area is 122 Å². The molecule has 0 saturated carbocycles. The van der Waals surface area contributed by atoms with Gasteiger partial charge in [-0.1, -0.05) is 35.9 Å². The second kappa shape index (κ2) is 6.33. The lowest BCUT2D eigenvalue weighted by atomic mass is 9.96. The summed E-state index contributed by atoms with van der Waals surface area (Å²) in [4.78, 5) is 0. The van der Waals surface area contributed by atoms with Crippen molar-refractivity contribution in [1.29, 1.82) is 0 Å². The zero-order chi connectivity index (χ0) is 14.7. The van der Waals surface area contributed by atoms with Gasteiger partial charge in [-0.2, -0.15) is 0 Å². The van der Waals surface area contributed by atoms with Gasteiger partial charge in [0.25, 0.3) is 0 Å². The lowest BCUT2D eigenvalue weighted by molar-refractivity contribution is 0.516. The molecule has 2 aromatic carbocycles. The summed E-state index contributed by atoms with van der Waals surface area (Å²) in [5.74, 6) is -0.634. The first-order valence-electron chi connectivity index (χ1n) is 6.39. The molecule has 0 amide bonds. The van der Waals surface area contributed by atoms with Crippen LogP contribution in [0.2, 0.25) is 5.02 Å². The highest BCUT2D eigenvalue weighted by Gasteiger charge is 2.18. The van der Waals surface area contributed by atoms with Gasteiger partial charge in [0.2, 0.25) is 0 Å². The van der Waals surface area contributed by atoms with E-state index in [0.717, 1.165) is 0 Å². The molecule has 2 rings (SSSR count). The highest BCUT2D eigenvalue weighted by Crippen LogP contribution is 2.27. The van der Waals surface area contributed by atoms with Crippen molar-refractivity contribution >= 4 is 11.6 Å². The number of rotatable bonds is 4. The summed E-state index contributed by atoms with van der Waals surface area (Å²) in [5.41, 5.74) is 1.49. The molecule has 1 nitrogen and oxygen atoms in total. The molecule has 0 aliphatic rings. The van der Waals surface area contributed by atoms with Crippen LogP contribution in [-0.2, 0) is 6.42 Å². The Hall–Kier alpha value is -1.45. The van der Waals surface area contributed by atoms with Gasteiger partial charge in [0, 0.05) is 22.2 Å². The summed E-state index contributed by atoms with van der Waals surface area (Å²) < 4.78 is 28.0. The Morgan fingerprint density at radius 1 is 1.15 bits per heavy atom. The molecule has 4 heteroatoms. The number of hydrogen-bond donors (Lipinski definition) is 1. The van der Waals surface area contributed by atoms with Crippen molar-refractivity contribution in [3.8, 4) is 0 Å². The van der Waals surface area contributed by atoms with Crippen molar-refractivity contribution in [2.45, 2.75) is 19.4 Å². The molecule has 1 atom stereocenters. The maximum absolute atomic E-state index is 14.2. The van der Waals surface area contributed by atoms with Gasteiger partial charge in [-0.15, -0.1) is 0 Å². The monoisotopic (exact) mass is 295 g/mol. The number of likely N-dealkylation sites (N-methyl/N-ethyl adjacent to an activating group) is 1. The van der Waals surface area contributed by atoms with Crippen LogP contribution in [0.4, 0.5) is 8.78 Å². The van der Waals surface area contributed by atoms with Crippen LogP contribution in [0.15, 0.2) is 36.4 Å². The van der Waals surface area contributed by atoms with Gasteiger partial charge in [-0.05, 0) is 38.1 Å². The second-order valence-corrected chi connectivity index (χ2v) is 5.13. The summed E-state index contributed by atoms with van der Waals surface area (Å²) >= 11 is 6.03. The SMILES string of the molecule is CNC(Cc1c(F)cccc1Cl)c1cccc(C)c1F. The number of nitrogens with one attached hydrogen (secondary N) is 1. The average molecular weight is 296 g/mol. The summed E-state index contributed by atoms with van der Waals surface area (Å²) in [6, 6.07) is 9.44. The smallest absolute Gasteiger partial charge is 0.130 e. The molecule has 106 valence electrons. The predicted molar refractivity (Wildman–Crippen MR) is 78.1 cm³/mol. The molecule has 20 heavy (non-hydrogen) atoms. The highest BCUT2D eigenvalue weighted by molar-refractivity contribution is 6.31. The maximum Gasteiger partial charge on any atom is 0.130 e. The Morgan fingerprint density at radius 3 is 2.50 bits per heavy atom. The Balaban J connectivity index is 2.37. The quantitative estimate of drug-likeness (QED) is 0.880. The fourth-order valence-corrected chi connectivity index (χ4v) is 2.48. The van der Waals surface area contributed by atoms with E-state index in [1.807, 2.05) is 0 Å². The molecule has 0 saturated heterocycles. The molecule has 0 aromatic heterocycles. The average Bonchev–Trinajstić information content (AvgIpc) is 2.42. The topological polar surface area (TPSA) is 12.0 Å². The Bertz CT molecular complexity index is 593. The van der Waals surface area contributed by atoms with Gasteiger partial charge >= 0.3 is 0 Å². The predicted octanol–water partition coefficient (Wildman–Crippen LogP) is 4.43. The molecule has 1 unspecified atom stereocenters. The van der Waals surface area contributed by atoms with Crippen molar-refractivity contribution in [2.24, 2.45) is 0 Å². The minimum absolute atomic E-state index is 0.265. The largest absolute Gasteiger partial charge is 0.313 e. The van der Waals surface area contributed by atoms with E-state index in [1.54, 1.807) is 44.3 Å². The van der Waals surface area contributed by atoms with Crippen LogP contribution in [-0.4, -0.2) is 7.05 Å². The minimum atomic E-state index is -0.370. The van der Waals surface area contributed by atoms with E-state index in [1.165, 1.54) is 6.07 Å². The van der Waals surface area contributed by atoms with E-state index in [-0.39, 0.29) is 17.7 Å². The van der Waals surface area contributed by atoms with E-state index in [2.05, 4.69) is 5.32 Å². The first-order chi connectivity index (χ1) is 9.54. The van der Waals surface area contributed by atoms with Gasteiger partial charge in [-0.3, -0.25) is 0 Å². The standard InChI is InChI=1S/C16H16ClF2N/c1-10-5-3-6-11(16(10)19)15(20-2)9-12-13(17)7-4-8-14(12)18/h3-8,15,20H,9H2,1-2H3. The Morgan fingerprint density at radius 2 is 1.85 bits per heavy atom. The molecule has 2 aromatic rings. The fraction of sp³-hybridized carbons (Fsp3) is 0.250. The fourth-order valence-electron chi connectivity index (χ4n) is 2.24. The first-order valence-corrected chi connectivity index (χ1v) is 6.77. The van der Waals surface area contributed by atoms with Crippen LogP contribution in [0.25, 0.3) is 0 Å². The lowest BCUT2D eigenvalue weighted by Gasteiger charge is -2.19. The highest BCUT2D eigenvalue weighted by atomic mass is 35.5. The molecule has 0 spiro atoms. The molecule has 0 aliphatic heterocycles. The number of halogens is 3. The third-order valence-electron chi connectivity index (χ3n) is 3.42. The van der Waals surface area contributed by atoms with E-state index in [9.17, 15) is 8.78 Å². The van der Waals surface area contributed by atoms with Gasteiger partial charge in [-0.25, -0.2) is 8.78 Å². The van der Waals surface area contributed by atoms with Gasteiger partial charge in [0.05, 0.1) is 0 Å². The Kier molecular flexibility index (Phi) is 4.73. The third kappa shape index (κ3) is 3.00. The maximum atomic E-state index is 14.2. The third-order valence-corrected chi connectivity index (χ3v) is 3.77. The van der Waals surface area contributed by atoms with Crippen LogP contribution >= 0.6 is 11.6 Å². The normalized spacial score (nSPS) is 12.4. The van der Waals surface area contributed by atoms with Crippen molar-refractivity contribution in [1.82, 2.24) is 5.32 Å². The summed E-state index contributed by atoms with van der Waals surface area (Å²) in [6.45, 7) is 1.71. The van der Waals surface area contributed by atoms with E-state index < -0.39 is 0 Å². The van der Waals surface area contributed by atoms with Crippen LogP contribution in [0.3, 0.4) is 0 Å². The van der Waals surface area contributed by atoms with Gasteiger partial charge in [0.15, 0.2) is 0 Å². The molecule has 0 heterocycles. The van der Waals surface area contributed by atoms with E-state index in [0.29, 0.717) is 28.1 Å². The minimum Gasteiger partial charge on any atom is -0.313 e. The second-order valence-electron chi connectivity index (χ2n) is 4.72. The number of aryl methyl sites for hydroxylation is 1. The van der Waals surface area contributed by atoms with Crippen LogP contribution in [0.5, 0.6) is 0 Å². The number of benzene rings is 2. The van der Waals surface area contributed by atoms with Crippen LogP contribution < -0.4 is 5.32 Å². The molecule has 1 N–H and O–H groups in total. The van der Waals surface area contributed by atoms with E-state index in [4.69, 9.17) is 11.6 Å². The zero-order valence-electron chi connectivity index (χ0n) is 11.4. The lowest BCUT2D eigenvalue weighted by Crippen LogP contribution is -2.21. The van der Waals surface area contributed by atoms with Crippen molar-refractivity contribution in [3.05, 3.63) is 69.7 Å². The first kappa shape index (κ1) is 14.9. The summed E-state index contributed by atoms with van der Waals surface area (Å²) in [6.07, 6.45) is 0.294. The van der Waals surface area contributed by atoms with Crippen molar-refractivity contribution in [3.63, 3.8) is 0 Å². The van der Waals surface area contributed by atoms with Crippen molar-refractivity contribution in [2.75, 3.05) is 7.05 Å². The van der Waals surface area contributed by atoms with Crippen LogP contribution in [0.1, 0.15) is 22.7 Å². The van der Waals surface area contributed by atoms with Gasteiger partial charge < -0.3 is 5.32 Å². The number of hydrogen-bond acceptors (Lipinski definition) is 1. The zero-order valence-corrected chi connectivity index (χ0v) is 12.1. The van der Waals surface area contributed by atoms with E-state index >= 15 is 0 Å².